The van der Waals surface area contributed by atoms with Crippen LogP contribution in [0, 0.1) is 0 Å². The minimum absolute atomic E-state index is 0.0389. The van der Waals surface area contributed by atoms with Crippen LogP contribution in [0.1, 0.15) is 20.8 Å². The Hall–Kier alpha value is -2.38. The lowest BCUT2D eigenvalue weighted by Crippen LogP contribution is -2.24. The lowest BCUT2D eigenvalue weighted by Gasteiger charge is -2.23. The second-order valence-electron chi connectivity index (χ2n) is 6.19. The van der Waals surface area contributed by atoms with Crippen LogP contribution in [0.5, 0.6) is 0 Å². The summed E-state index contributed by atoms with van der Waals surface area (Å²) in [4.78, 5) is 22.2. The smallest absolute Gasteiger partial charge is 0.360 e. The van der Waals surface area contributed by atoms with E-state index in [4.69, 9.17) is 4.74 Å². The van der Waals surface area contributed by atoms with Gasteiger partial charge < -0.3 is 9.63 Å². The number of benzene rings is 2. The molecule has 0 aliphatic carbocycles. The van der Waals surface area contributed by atoms with E-state index in [1.165, 1.54) is 18.2 Å². The number of esters is 1. The highest BCUT2D eigenvalue weighted by Gasteiger charge is 2.51. The molecule has 0 aliphatic heterocycles. The SMILES string of the molecule is C=CCOC(=O)c1cc2cc(C(F)(F)P(=O)(O)NCc3ccccc3)ccc2s1. The third-order valence-corrected chi connectivity index (χ3v) is 6.82. The van der Waals surface area contributed by atoms with Crippen molar-refractivity contribution in [1.82, 2.24) is 5.09 Å². The molecule has 2 N–H and O–H groups in total. The van der Waals surface area contributed by atoms with Gasteiger partial charge in [0.05, 0.1) is 0 Å². The molecule has 3 rings (SSSR count). The third-order valence-electron chi connectivity index (χ3n) is 4.12. The summed E-state index contributed by atoms with van der Waals surface area (Å²) in [5, 5.41) is 2.45. The second kappa shape index (κ2) is 8.55. The molecule has 1 aromatic heterocycles. The fourth-order valence-electron chi connectivity index (χ4n) is 2.61. The van der Waals surface area contributed by atoms with Crippen molar-refractivity contribution in [2.45, 2.75) is 12.2 Å². The number of hydrogen-bond acceptors (Lipinski definition) is 4. The Morgan fingerprint density at radius 2 is 1.97 bits per heavy atom. The van der Waals surface area contributed by atoms with E-state index in [9.17, 15) is 23.0 Å². The van der Waals surface area contributed by atoms with E-state index in [1.54, 1.807) is 30.3 Å². The van der Waals surface area contributed by atoms with Gasteiger partial charge in [0.2, 0.25) is 0 Å². The zero-order valence-electron chi connectivity index (χ0n) is 15.2. The topological polar surface area (TPSA) is 75.6 Å². The standard InChI is InChI=1S/C20H18F2NO4PS/c1-2-10-27-19(24)18-12-15-11-16(8-9-17(15)29-18)20(21,22)28(25,26)23-13-14-6-4-3-5-7-14/h2-9,11-12H,1,10,13H2,(H2,23,25,26). The van der Waals surface area contributed by atoms with Gasteiger partial charge in [0.15, 0.2) is 0 Å². The number of carbonyl (C=O) groups is 1. The Morgan fingerprint density at radius 1 is 1.24 bits per heavy atom. The summed E-state index contributed by atoms with van der Waals surface area (Å²) in [6, 6.07) is 13.5. The zero-order chi connectivity index (χ0) is 21.1. The maximum atomic E-state index is 14.8. The Bertz CT molecular complexity index is 1080. The Morgan fingerprint density at radius 3 is 2.66 bits per heavy atom. The predicted molar refractivity (Wildman–Crippen MR) is 109 cm³/mol. The van der Waals surface area contributed by atoms with E-state index in [1.807, 2.05) is 0 Å². The van der Waals surface area contributed by atoms with Gasteiger partial charge in [-0.2, -0.15) is 8.78 Å². The van der Waals surface area contributed by atoms with Crippen molar-refractivity contribution < 1.29 is 27.8 Å². The van der Waals surface area contributed by atoms with Gasteiger partial charge in [0, 0.05) is 16.8 Å². The first-order chi connectivity index (χ1) is 13.7. The van der Waals surface area contributed by atoms with Crippen LogP contribution in [0.2, 0.25) is 0 Å². The maximum absolute atomic E-state index is 14.8. The minimum Gasteiger partial charge on any atom is -0.457 e. The van der Waals surface area contributed by atoms with Crippen LogP contribution in [0.25, 0.3) is 10.1 Å². The van der Waals surface area contributed by atoms with Gasteiger partial charge in [-0.15, -0.1) is 11.3 Å². The number of halogens is 2. The van der Waals surface area contributed by atoms with E-state index in [-0.39, 0.29) is 18.0 Å². The number of rotatable bonds is 8. The molecule has 152 valence electrons. The largest absolute Gasteiger partial charge is 0.457 e. The molecule has 3 aromatic rings. The van der Waals surface area contributed by atoms with E-state index in [2.05, 4.69) is 11.7 Å². The summed E-state index contributed by atoms with van der Waals surface area (Å²) < 4.78 is 47.6. The Labute approximate surface area is 170 Å². The van der Waals surface area contributed by atoms with Gasteiger partial charge in [0.1, 0.15) is 11.5 Å². The average molecular weight is 437 g/mol. The van der Waals surface area contributed by atoms with Crippen LogP contribution in [0.3, 0.4) is 0 Å². The fraction of sp³-hybridized carbons (Fsp3) is 0.150. The molecular formula is C20H18F2NO4PS. The van der Waals surface area contributed by atoms with Gasteiger partial charge in [-0.3, -0.25) is 4.57 Å². The second-order valence-corrected chi connectivity index (χ2v) is 9.30. The molecule has 9 heteroatoms. The van der Waals surface area contributed by atoms with Gasteiger partial charge in [0.25, 0.3) is 0 Å². The monoisotopic (exact) mass is 437 g/mol. The highest BCUT2D eigenvalue weighted by atomic mass is 32.1. The molecular weight excluding hydrogens is 419 g/mol. The first kappa shape index (κ1) is 21.3. The molecule has 2 aromatic carbocycles. The summed E-state index contributed by atoms with van der Waals surface area (Å²) in [7, 11) is -5.07. The summed E-state index contributed by atoms with van der Waals surface area (Å²) in [5.41, 5.74) is -4.02. The molecule has 0 aliphatic rings. The highest BCUT2D eigenvalue weighted by molar-refractivity contribution is 7.56. The quantitative estimate of drug-likeness (QED) is 0.285. The van der Waals surface area contributed by atoms with Crippen molar-refractivity contribution in [3.05, 3.63) is 83.3 Å². The number of ether oxygens (including phenoxy) is 1. The number of fused-ring (bicyclic) bond motifs is 1. The third kappa shape index (κ3) is 4.62. The van der Waals surface area contributed by atoms with Crippen LogP contribution >= 0.6 is 18.9 Å². The number of nitrogens with one attached hydrogen (secondary N) is 1. The van der Waals surface area contributed by atoms with E-state index < -0.39 is 24.7 Å². The van der Waals surface area contributed by atoms with Crippen molar-refractivity contribution in [2.75, 3.05) is 6.61 Å². The van der Waals surface area contributed by atoms with Crippen LogP contribution in [0.15, 0.2) is 67.3 Å². The molecule has 5 nitrogen and oxygen atoms in total. The van der Waals surface area contributed by atoms with E-state index in [0.717, 1.165) is 23.5 Å². The molecule has 1 atom stereocenters. The van der Waals surface area contributed by atoms with E-state index >= 15 is 0 Å². The summed E-state index contributed by atoms with van der Waals surface area (Å²) in [5.74, 6) is -0.586. The number of thiophene rings is 1. The normalized spacial score (nSPS) is 13.8. The van der Waals surface area contributed by atoms with Crippen molar-refractivity contribution in [3.63, 3.8) is 0 Å². The molecule has 0 bridgehead atoms. The number of carbonyl (C=O) groups excluding carboxylic acids is 1. The van der Waals surface area contributed by atoms with Crippen molar-refractivity contribution in [2.24, 2.45) is 0 Å². The number of alkyl halides is 2. The van der Waals surface area contributed by atoms with E-state index in [0.29, 0.717) is 15.6 Å². The molecule has 0 radical (unpaired) electrons. The van der Waals surface area contributed by atoms with Crippen molar-refractivity contribution in [1.29, 1.82) is 0 Å². The molecule has 0 fully saturated rings. The molecule has 29 heavy (non-hydrogen) atoms. The van der Waals surface area contributed by atoms with Gasteiger partial charge in [-0.05, 0) is 29.1 Å². The summed E-state index contributed by atoms with van der Waals surface area (Å²) >= 11 is 1.09. The molecule has 1 heterocycles. The van der Waals surface area contributed by atoms with Crippen LogP contribution in [0.4, 0.5) is 8.78 Å². The maximum Gasteiger partial charge on any atom is 0.360 e. The predicted octanol–water partition coefficient (Wildman–Crippen LogP) is 5.27. The molecule has 0 amide bonds. The Balaban J connectivity index is 1.84. The lowest BCUT2D eigenvalue weighted by atomic mass is 10.1. The van der Waals surface area contributed by atoms with Gasteiger partial charge in [-0.1, -0.05) is 49.1 Å². The lowest BCUT2D eigenvalue weighted by molar-refractivity contribution is 0.0555. The average Bonchev–Trinajstić information content (AvgIpc) is 3.14. The molecule has 0 saturated carbocycles. The molecule has 0 spiro atoms. The first-order valence-corrected chi connectivity index (χ1v) is 11.0. The van der Waals surface area contributed by atoms with Crippen LogP contribution < -0.4 is 5.09 Å². The number of hydrogen-bond donors (Lipinski definition) is 2. The molecule has 1 unspecified atom stereocenters. The van der Waals surface area contributed by atoms with Crippen LogP contribution in [-0.2, 0) is 21.5 Å². The van der Waals surface area contributed by atoms with Crippen LogP contribution in [-0.4, -0.2) is 17.5 Å². The zero-order valence-corrected chi connectivity index (χ0v) is 16.9. The fourth-order valence-corrected chi connectivity index (χ4v) is 4.63. The Kier molecular flexibility index (Phi) is 6.29. The summed E-state index contributed by atoms with van der Waals surface area (Å²) in [6.45, 7) is 3.31. The minimum atomic E-state index is -5.07. The summed E-state index contributed by atoms with van der Waals surface area (Å²) in [6.07, 6.45) is 1.42. The first-order valence-electron chi connectivity index (χ1n) is 8.56. The highest BCUT2D eigenvalue weighted by Crippen LogP contribution is 2.59. The van der Waals surface area contributed by atoms with Gasteiger partial charge >= 0.3 is 19.2 Å². The molecule has 0 saturated heterocycles. The van der Waals surface area contributed by atoms with Crippen molar-refractivity contribution >= 4 is 34.9 Å². The van der Waals surface area contributed by atoms with Gasteiger partial charge in [-0.25, -0.2) is 9.88 Å². The van der Waals surface area contributed by atoms with Crippen molar-refractivity contribution in [3.8, 4) is 0 Å².